The number of rotatable bonds is 6. The van der Waals surface area contributed by atoms with Crippen molar-refractivity contribution in [3.05, 3.63) is 0 Å². The number of likely N-dealkylation sites (tertiary alicyclic amines) is 1. The van der Waals surface area contributed by atoms with Crippen molar-refractivity contribution in [3.63, 3.8) is 0 Å². The summed E-state index contributed by atoms with van der Waals surface area (Å²) in [7, 11) is 0. The first-order valence-corrected chi connectivity index (χ1v) is 8.86. The van der Waals surface area contributed by atoms with E-state index in [2.05, 4.69) is 5.32 Å². The minimum absolute atomic E-state index is 0. The molecule has 1 heterocycles. The summed E-state index contributed by atoms with van der Waals surface area (Å²) in [6, 6.07) is 0.122. The largest absolute Gasteiger partial charge is 0.347 e. The zero-order valence-electron chi connectivity index (χ0n) is 14.3. The maximum Gasteiger partial charge on any atom is 0.241 e. The maximum atomic E-state index is 12.2. The third-order valence-corrected chi connectivity index (χ3v) is 5.25. The van der Waals surface area contributed by atoms with Gasteiger partial charge in [-0.2, -0.15) is 0 Å². The summed E-state index contributed by atoms with van der Waals surface area (Å²) < 4.78 is 0. The molecule has 0 spiro atoms. The van der Waals surface area contributed by atoms with Crippen LogP contribution in [0.25, 0.3) is 0 Å². The molecule has 6 heteroatoms. The van der Waals surface area contributed by atoms with Gasteiger partial charge in [0.15, 0.2) is 0 Å². The fourth-order valence-corrected chi connectivity index (χ4v) is 3.67. The Kier molecular flexibility index (Phi) is 8.92. The molecule has 3 N–H and O–H groups in total. The molecule has 2 amide bonds. The molecule has 0 aromatic rings. The molecule has 2 rings (SSSR count). The molecule has 1 aliphatic carbocycles. The van der Waals surface area contributed by atoms with Crippen LogP contribution in [0.3, 0.4) is 0 Å². The minimum atomic E-state index is 0. The predicted molar refractivity (Wildman–Crippen MR) is 94.4 cm³/mol. The van der Waals surface area contributed by atoms with E-state index in [1.807, 2.05) is 11.8 Å². The van der Waals surface area contributed by atoms with Gasteiger partial charge in [-0.15, -0.1) is 12.4 Å². The Bertz CT molecular complexity index is 384. The van der Waals surface area contributed by atoms with Gasteiger partial charge in [-0.05, 0) is 38.0 Å². The Hall–Kier alpha value is -0.810. The zero-order chi connectivity index (χ0) is 15.9. The highest BCUT2D eigenvalue weighted by Crippen LogP contribution is 2.28. The van der Waals surface area contributed by atoms with Crippen molar-refractivity contribution in [3.8, 4) is 0 Å². The van der Waals surface area contributed by atoms with Crippen LogP contribution in [0.2, 0.25) is 0 Å². The molecule has 2 atom stereocenters. The number of piperidine rings is 1. The quantitative estimate of drug-likeness (QED) is 0.773. The SMILES string of the molecule is CC(N)C1CCCN(C(=O)CNC(=O)CCC2CCCC2)C1.Cl. The third-order valence-electron chi connectivity index (χ3n) is 5.25. The Balaban J connectivity index is 0.00000264. The summed E-state index contributed by atoms with van der Waals surface area (Å²) >= 11 is 0. The summed E-state index contributed by atoms with van der Waals surface area (Å²) in [6.45, 7) is 3.66. The number of halogens is 1. The van der Waals surface area contributed by atoms with E-state index in [1.54, 1.807) is 0 Å². The second kappa shape index (κ2) is 10.1. The summed E-state index contributed by atoms with van der Waals surface area (Å²) in [6.07, 6.45) is 8.76. The molecule has 2 aliphatic rings. The Morgan fingerprint density at radius 2 is 1.91 bits per heavy atom. The lowest BCUT2D eigenvalue weighted by Gasteiger charge is -2.34. The van der Waals surface area contributed by atoms with E-state index in [-0.39, 0.29) is 36.8 Å². The topological polar surface area (TPSA) is 75.4 Å². The van der Waals surface area contributed by atoms with Crippen LogP contribution in [0.15, 0.2) is 0 Å². The van der Waals surface area contributed by atoms with Crippen molar-refractivity contribution in [2.45, 2.75) is 64.3 Å². The Labute approximate surface area is 146 Å². The van der Waals surface area contributed by atoms with Gasteiger partial charge < -0.3 is 16.0 Å². The highest BCUT2D eigenvalue weighted by atomic mass is 35.5. The highest BCUT2D eigenvalue weighted by molar-refractivity contribution is 5.85. The van der Waals surface area contributed by atoms with Gasteiger partial charge in [0.05, 0.1) is 6.54 Å². The number of carbonyl (C=O) groups excluding carboxylic acids is 2. The number of nitrogens with one attached hydrogen (secondary N) is 1. The van der Waals surface area contributed by atoms with Crippen LogP contribution in [0.5, 0.6) is 0 Å². The molecule has 0 bridgehead atoms. The molecular formula is C17H32ClN3O2. The number of nitrogens with two attached hydrogens (primary N) is 1. The van der Waals surface area contributed by atoms with E-state index < -0.39 is 0 Å². The average Bonchev–Trinajstić information content (AvgIpc) is 3.04. The Morgan fingerprint density at radius 3 is 2.57 bits per heavy atom. The summed E-state index contributed by atoms with van der Waals surface area (Å²) in [5.41, 5.74) is 5.94. The van der Waals surface area contributed by atoms with Gasteiger partial charge in [0.1, 0.15) is 0 Å². The van der Waals surface area contributed by atoms with Crippen molar-refractivity contribution >= 4 is 24.2 Å². The van der Waals surface area contributed by atoms with E-state index in [0.717, 1.165) is 38.3 Å². The lowest BCUT2D eigenvalue weighted by Crippen LogP contribution is -2.48. The number of hydrogen-bond donors (Lipinski definition) is 2. The lowest BCUT2D eigenvalue weighted by molar-refractivity contribution is -0.134. The number of carbonyl (C=O) groups is 2. The van der Waals surface area contributed by atoms with Gasteiger partial charge in [0.2, 0.25) is 11.8 Å². The van der Waals surface area contributed by atoms with Crippen LogP contribution in [-0.2, 0) is 9.59 Å². The second-order valence-electron chi connectivity index (χ2n) is 7.07. The molecule has 2 fully saturated rings. The van der Waals surface area contributed by atoms with Gasteiger partial charge in [0.25, 0.3) is 0 Å². The van der Waals surface area contributed by atoms with E-state index >= 15 is 0 Å². The van der Waals surface area contributed by atoms with Crippen molar-refractivity contribution in [2.75, 3.05) is 19.6 Å². The number of hydrogen-bond acceptors (Lipinski definition) is 3. The normalized spacial score (nSPS) is 23.2. The standard InChI is InChI=1S/C17H31N3O2.ClH/c1-13(18)15-7-4-10-20(12-15)17(22)11-19-16(21)9-8-14-5-2-3-6-14;/h13-15H,2-12,18H2,1H3,(H,19,21);1H. The fourth-order valence-electron chi connectivity index (χ4n) is 3.67. The first kappa shape index (κ1) is 20.2. The predicted octanol–water partition coefficient (Wildman–Crippen LogP) is 2.08. The molecule has 134 valence electrons. The molecule has 1 aliphatic heterocycles. The Morgan fingerprint density at radius 1 is 1.22 bits per heavy atom. The third kappa shape index (κ3) is 6.68. The van der Waals surface area contributed by atoms with Crippen molar-refractivity contribution < 1.29 is 9.59 Å². The first-order chi connectivity index (χ1) is 10.6. The minimum Gasteiger partial charge on any atom is -0.347 e. The van der Waals surface area contributed by atoms with Gasteiger partial charge in [-0.1, -0.05) is 25.7 Å². The van der Waals surface area contributed by atoms with E-state index in [0.29, 0.717) is 12.3 Å². The number of amides is 2. The lowest BCUT2D eigenvalue weighted by atomic mass is 9.92. The molecule has 0 aromatic carbocycles. The molecule has 1 saturated carbocycles. The van der Waals surface area contributed by atoms with Gasteiger partial charge in [-0.3, -0.25) is 9.59 Å². The summed E-state index contributed by atoms with van der Waals surface area (Å²) in [5, 5.41) is 2.79. The van der Waals surface area contributed by atoms with Crippen molar-refractivity contribution in [1.82, 2.24) is 10.2 Å². The first-order valence-electron chi connectivity index (χ1n) is 8.86. The molecule has 1 saturated heterocycles. The molecule has 2 unspecified atom stereocenters. The summed E-state index contributed by atoms with van der Waals surface area (Å²) in [5.74, 6) is 1.15. The van der Waals surface area contributed by atoms with Crippen LogP contribution < -0.4 is 11.1 Å². The van der Waals surface area contributed by atoms with E-state index in [1.165, 1.54) is 25.7 Å². The van der Waals surface area contributed by atoms with Gasteiger partial charge in [0, 0.05) is 25.6 Å². The smallest absolute Gasteiger partial charge is 0.241 e. The molecular weight excluding hydrogens is 314 g/mol. The zero-order valence-corrected chi connectivity index (χ0v) is 15.1. The second-order valence-corrected chi connectivity index (χ2v) is 7.07. The van der Waals surface area contributed by atoms with E-state index in [4.69, 9.17) is 5.73 Å². The monoisotopic (exact) mass is 345 g/mol. The van der Waals surface area contributed by atoms with Crippen LogP contribution in [0.4, 0.5) is 0 Å². The van der Waals surface area contributed by atoms with Crippen LogP contribution in [-0.4, -0.2) is 42.4 Å². The number of nitrogens with zero attached hydrogens (tertiary/aromatic N) is 1. The van der Waals surface area contributed by atoms with Crippen molar-refractivity contribution in [1.29, 1.82) is 0 Å². The van der Waals surface area contributed by atoms with Gasteiger partial charge in [-0.25, -0.2) is 0 Å². The fraction of sp³-hybridized carbons (Fsp3) is 0.882. The highest BCUT2D eigenvalue weighted by Gasteiger charge is 2.25. The molecule has 5 nitrogen and oxygen atoms in total. The van der Waals surface area contributed by atoms with Crippen LogP contribution in [0, 0.1) is 11.8 Å². The molecule has 0 aromatic heterocycles. The average molecular weight is 346 g/mol. The van der Waals surface area contributed by atoms with Gasteiger partial charge >= 0.3 is 0 Å². The summed E-state index contributed by atoms with van der Waals surface area (Å²) in [4.78, 5) is 25.9. The molecule has 23 heavy (non-hydrogen) atoms. The van der Waals surface area contributed by atoms with Crippen LogP contribution in [0.1, 0.15) is 58.3 Å². The molecule has 0 radical (unpaired) electrons. The van der Waals surface area contributed by atoms with E-state index in [9.17, 15) is 9.59 Å². The maximum absolute atomic E-state index is 12.2. The van der Waals surface area contributed by atoms with Crippen molar-refractivity contribution in [2.24, 2.45) is 17.6 Å². The van der Waals surface area contributed by atoms with Crippen LogP contribution >= 0.6 is 12.4 Å².